The van der Waals surface area contributed by atoms with Crippen molar-refractivity contribution >= 4 is 5.91 Å². The van der Waals surface area contributed by atoms with Gasteiger partial charge in [0.2, 0.25) is 5.91 Å². The minimum absolute atomic E-state index is 0.263. The van der Waals surface area contributed by atoms with E-state index in [4.69, 9.17) is 4.74 Å². The van der Waals surface area contributed by atoms with Crippen molar-refractivity contribution in [1.29, 1.82) is 0 Å². The summed E-state index contributed by atoms with van der Waals surface area (Å²) in [5.41, 5.74) is 2.13. The van der Waals surface area contributed by atoms with Crippen LogP contribution in [0, 0.1) is 12.8 Å². The molecule has 23 heavy (non-hydrogen) atoms. The van der Waals surface area contributed by atoms with Gasteiger partial charge in [-0.2, -0.15) is 0 Å². The van der Waals surface area contributed by atoms with Crippen molar-refractivity contribution in [2.75, 3.05) is 20.2 Å². The van der Waals surface area contributed by atoms with Crippen LogP contribution < -0.4 is 0 Å². The van der Waals surface area contributed by atoms with Gasteiger partial charge in [-0.3, -0.25) is 4.79 Å². The average molecular weight is 317 g/mol. The maximum atomic E-state index is 12.7. The number of piperidine rings is 1. The number of carbonyl (C=O) groups excluding carboxylic acids is 1. The molecule has 1 aliphatic heterocycles. The van der Waals surface area contributed by atoms with Crippen molar-refractivity contribution in [3.05, 3.63) is 23.3 Å². The van der Waals surface area contributed by atoms with Gasteiger partial charge < -0.3 is 9.64 Å². The zero-order valence-electron chi connectivity index (χ0n) is 14.3. The lowest BCUT2D eigenvalue weighted by Gasteiger charge is -2.34. The van der Waals surface area contributed by atoms with E-state index in [2.05, 4.69) is 14.9 Å². The molecule has 2 heterocycles. The van der Waals surface area contributed by atoms with E-state index in [1.807, 2.05) is 13.1 Å². The Balaban J connectivity index is 1.75. The smallest absolute Gasteiger partial charge is 0.225 e. The molecule has 5 nitrogen and oxygen atoms in total. The Labute approximate surface area is 138 Å². The van der Waals surface area contributed by atoms with Crippen LogP contribution in [0.25, 0.3) is 0 Å². The van der Waals surface area contributed by atoms with Crippen LogP contribution in [0.15, 0.2) is 6.20 Å². The Morgan fingerprint density at radius 1 is 1.30 bits per heavy atom. The number of likely N-dealkylation sites (tertiary alicyclic amines) is 1. The molecular weight excluding hydrogens is 290 g/mol. The lowest BCUT2D eigenvalue weighted by Crippen LogP contribution is -2.42. The summed E-state index contributed by atoms with van der Waals surface area (Å²) in [6, 6.07) is 0. The standard InChI is InChI=1S/C18H27N3O2/c1-13-19-10-16(12-23-2)17(20-13)15-8-5-9-21(11-15)18(22)14-6-3-4-7-14/h10,14-15H,3-9,11-12H2,1-2H3. The summed E-state index contributed by atoms with van der Waals surface area (Å²) < 4.78 is 5.29. The average Bonchev–Trinajstić information content (AvgIpc) is 3.10. The Morgan fingerprint density at radius 2 is 2.09 bits per heavy atom. The fraction of sp³-hybridized carbons (Fsp3) is 0.722. The van der Waals surface area contributed by atoms with Crippen molar-refractivity contribution in [1.82, 2.24) is 14.9 Å². The van der Waals surface area contributed by atoms with Crippen molar-refractivity contribution < 1.29 is 9.53 Å². The van der Waals surface area contributed by atoms with Crippen LogP contribution in [-0.4, -0.2) is 41.0 Å². The molecule has 1 saturated heterocycles. The summed E-state index contributed by atoms with van der Waals surface area (Å²) >= 11 is 0. The van der Waals surface area contributed by atoms with Crippen LogP contribution in [0.4, 0.5) is 0 Å². The van der Waals surface area contributed by atoms with Crippen molar-refractivity contribution in [2.24, 2.45) is 5.92 Å². The van der Waals surface area contributed by atoms with Crippen LogP contribution in [-0.2, 0) is 16.1 Å². The molecule has 0 aromatic carbocycles. The molecule has 0 N–H and O–H groups in total. The lowest BCUT2D eigenvalue weighted by atomic mass is 9.91. The fourth-order valence-corrected chi connectivity index (χ4v) is 3.96. The van der Waals surface area contributed by atoms with E-state index in [-0.39, 0.29) is 5.92 Å². The van der Waals surface area contributed by atoms with Crippen LogP contribution in [0.1, 0.15) is 61.5 Å². The number of hydrogen-bond acceptors (Lipinski definition) is 4. The molecule has 2 aliphatic rings. The topological polar surface area (TPSA) is 55.3 Å². The highest BCUT2D eigenvalue weighted by molar-refractivity contribution is 5.79. The van der Waals surface area contributed by atoms with Gasteiger partial charge in [0.05, 0.1) is 12.3 Å². The number of amides is 1. The second kappa shape index (κ2) is 7.39. The normalized spacial score (nSPS) is 22.5. The van der Waals surface area contributed by atoms with Crippen LogP contribution >= 0.6 is 0 Å². The fourth-order valence-electron chi connectivity index (χ4n) is 3.96. The third-order valence-electron chi connectivity index (χ3n) is 5.14. The summed E-state index contributed by atoms with van der Waals surface area (Å²) in [6.45, 7) is 4.14. The van der Waals surface area contributed by atoms with Gasteiger partial charge >= 0.3 is 0 Å². The Hall–Kier alpha value is -1.49. The van der Waals surface area contributed by atoms with Crippen LogP contribution in [0.5, 0.6) is 0 Å². The van der Waals surface area contributed by atoms with Gasteiger partial charge in [0, 0.05) is 43.8 Å². The number of nitrogens with zero attached hydrogens (tertiary/aromatic N) is 3. The van der Waals surface area contributed by atoms with E-state index in [0.717, 1.165) is 55.9 Å². The highest BCUT2D eigenvalue weighted by Gasteiger charge is 2.32. The van der Waals surface area contributed by atoms with E-state index in [9.17, 15) is 4.79 Å². The van der Waals surface area contributed by atoms with Gasteiger partial charge in [-0.1, -0.05) is 12.8 Å². The number of rotatable bonds is 4. The number of aryl methyl sites for hydroxylation is 1. The molecule has 1 amide bonds. The number of hydrogen-bond donors (Lipinski definition) is 0. The van der Waals surface area contributed by atoms with Crippen molar-refractivity contribution in [3.8, 4) is 0 Å². The number of methoxy groups -OCH3 is 1. The number of carbonyl (C=O) groups is 1. The van der Waals surface area contributed by atoms with Gasteiger partial charge in [-0.25, -0.2) is 9.97 Å². The minimum Gasteiger partial charge on any atom is -0.380 e. The third kappa shape index (κ3) is 3.71. The van der Waals surface area contributed by atoms with E-state index in [1.54, 1.807) is 7.11 Å². The molecule has 2 fully saturated rings. The summed E-state index contributed by atoms with van der Waals surface area (Å²) in [5, 5.41) is 0. The molecule has 3 rings (SSSR count). The molecule has 1 aromatic heterocycles. The van der Waals surface area contributed by atoms with Gasteiger partial charge in [0.25, 0.3) is 0 Å². The Kier molecular flexibility index (Phi) is 5.26. The molecule has 126 valence electrons. The molecule has 1 aromatic rings. The molecule has 0 radical (unpaired) electrons. The predicted octanol–water partition coefficient (Wildman–Crippen LogP) is 2.83. The molecule has 1 saturated carbocycles. The first-order chi connectivity index (χ1) is 11.2. The van der Waals surface area contributed by atoms with Crippen molar-refractivity contribution in [3.63, 3.8) is 0 Å². The lowest BCUT2D eigenvalue weighted by molar-refractivity contribution is -0.136. The summed E-state index contributed by atoms with van der Waals surface area (Å²) in [7, 11) is 1.69. The third-order valence-corrected chi connectivity index (χ3v) is 5.14. The maximum Gasteiger partial charge on any atom is 0.225 e. The molecule has 1 unspecified atom stereocenters. The number of ether oxygens (including phenoxy) is 1. The van der Waals surface area contributed by atoms with E-state index in [1.165, 1.54) is 12.8 Å². The zero-order chi connectivity index (χ0) is 16.2. The Morgan fingerprint density at radius 3 is 2.83 bits per heavy atom. The summed E-state index contributed by atoms with van der Waals surface area (Å²) in [6.07, 6.45) is 8.57. The summed E-state index contributed by atoms with van der Waals surface area (Å²) in [5.74, 6) is 1.73. The minimum atomic E-state index is 0.263. The van der Waals surface area contributed by atoms with E-state index in [0.29, 0.717) is 18.4 Å². The first-order valence-corrected chi connectivity index (χ1v) is 8.79. The Bertz CT molecular complexity index is 555. The summed E-state index contributed by atoms with van der Waals surface area (Å²) in [4.78, 5) is 23.8. The monoisotopic (exact) mass is 317 g/mol. The highest BCUT2D eigenvalue weighted by atomic mass is 16.5. The predicted molar refractivity (Wildman–Crippen MR) is 88.0 cm³/mol. The second-order valence-electron chi connectivity index (χ2n) is 6.87. The maximum absolute atomic E-state index is 12.7. The van der Waals surface area contributed by atoms with Crippen LogP contribution in [0.2, 0.25) is 0 Å². The van der Waals surface area contributed by atoms with Gasteiger partial charge in [0.1, 0.15) is 5.82 Å². The first kappa shape index (κ1) is 16.4. The first-order valence-electron chi connectivity index (χ1n) is 8.79. The number of aromatic nitrogens is 2. The quantitative estimate of drug-likeness (QED) is 0.857. The van der Waals surface area contributed by atoms with Gasteiger partial charge in [0.15, 0.2) is 0 Å². The second-order valence-corrected chi connectivity index (χ2v) is 6.87. The molecule has 0 bridgehead atoms. The van der Waals surface area contributed by atoms with Crippen LogP contribution in [0.3, 0.4) is 0 Å². The SMILES string of the molecule is COCc1cnc(C)nc1C1CCCN(C(=O)C2CCCC2)C1. The van der Waals surface area contributed by atoms with Gasteiger partial charge in [-0.05, 0) is 32.6 Å². The molecule has 1 atom stereocenters. The molecule has 5 heteroatoms. The molecule has 1 aliphatic carbocycles. The van der Waals surface area contributed by atoms with Crippen molar-refractivity contribution in [2.45, 2.75) is 58.0 Å². The van der Waals surface area contributed by atoms with E-state index >= 15 is 0 Å². The highest BCUT2D eigenvalue weighted by Crippen LogP contribution is 2.32. The van der Waals surface area contributed by atoms with Gasteiger partial charge in [-0.15, -0.1) is 0 Å². The largest absolute Gasteiger partial charge is 0.380 e. The molecule has 0 spiro atoms. The zero-order valence-corrected chi connectivity index (χ0v) is 14.3. The van der Waals surface area contributed by atoms with E-state index < -0.39 is 0 Å². The molecular formula is C18H27N3O2.